The lowest BCUT2D eigenvalue weighted by molar-refractivity contribution is -0.146. The van der Waals surface area contributed by atoms with E-state index in [0.717, 1.165) is 26.0 Å². The van der Waals surface area contributed by atoms with Gasteiger partial charge in [-0.05, 0) is 38.3 Å². The minimum atomic E-state index is -4.68. The van der Waals surface area contributed by atoms with Gasteiger partial charge in [-0.2, -0.15) is 13.2 Å². The summed E-state index contributed by atoms with van der Waals surface area (Å²) in [5.74, 6) is -4.04. The molecule has 0 aliphatic carbocycles. The summed E-state index contributed by atoms with van der Waals surface area (Å²) in [6.45, 7) is 3.60. The van der Waals surface area contributed by atoms with E-state index in [0.29, 0.717) is 6.61 Å². The number of halogens is 3. The highest BCUT2D eigenvalue weighted by Crippen LogP contribution is 2.44. The lowest BCUT2D eigenvalue weighted by atomic mass is 9.74. The molecule has 3 atom stereocenters. The number of hydrogen-bond acceptors (Lipinski definition) is 6. The number of esters is 2. The van der Waals surface area contributed by atoms with Gasteiger partial charge in [0.2, 0.25) is 0 Å². The molecule has 1 aromatic carbocycles. The zero-order valence-corrected chi connectivity index (χ0v) is 17.5. The predicted octanol–water partition coefficient (Wildman–Crippen LogP) is 4.05. The first-order valence-electron chi connectivity index (χ1n) is 9.93. The van der Waals surface area contributed by atoms with Gasteiger partial charge in [0.05, 0.1) is 24.4 Å². The minimum absolute atomic E-state index is 0.0190. The van der Waals surface area contributed by atoms with Crippen molar-refractivity contribution >= 4 is 17.7 Å². The minimum Gasteiger partial charge on any atom is -0.468 e. The van der Waals surface area contributed by atoms with Gasteiger partial charge in [-0.1, -0.05) is 18.2 Å². The lowest BCUT2D eigenvalue weighted by Gasteiger charge is -2.32. The Morgan fingerprint density at radius 2 is 1.94 bits per heavy atom. The molecule has 2 aliphatic heterocycles. The van der Waals surface area contributed by atoms with E-state index in [1.165, 1.54) is 32.0 Å². The summed E-state index contributed by atoms with van der Waals surface area (Å²) in [5.41, 5.74) is -0.751. The summed E-state index contributed by atoms with van der Waals surface area (Å²) < 4.78 is 57.1. The number of carbonyl (C=O) groups is 2. The fourth-order valence-electron chi connectivity index (χ4n) is 4.12. The van der Waals surface area contributed by atoms with Crippen LogP contribution >= 0.6 is 0 Å². The van der Waals surface area contributed by atoms with Crippen molar-refractivity contribution in [3.8, 4) is 0 Å². The Labute approximate surface area is 178 Å². The maximum Gasteiger partial charge on any atom is 0.416 e. The second-order valence-corrected chi connectivity index (χ2v) is 7.55. The predicted molar refractivity (Wildman–Crippen MR) is 105 cm³/mol. The van der Waals surface area contributed by atoms with Crippen LogP contribution < -0.4 is 0 Å². The molecule has 1 unspecified atom stereocenters. The molecule has 31 heavy (non-hydrogen) atoms. The first-order valence-corrected chi connectivity index (χ1v) is 9.93. The molecule has 1 saturated heterocycles. The molecular weight excluding hydrogens is 415 g/mol. The van der Waals surface area contributed by atoms with Crippen molar-refractivity contribution in [1.82, 2.24) is 0 Å². The molecule has 9 heteroatoms. The topological polar surface area (TPSA) is 74.2 Å². The van der Waals surface area contributed by atoms with Gasteiger partial charge in [0.15, 0.2) is 0 Å². The SMILES string of the molecule is COC(=O)C1C(C)=NC(C)=C(C(=O)OC[C@H]2CCCO2)[C@H]1c1ccccc1C(F)(F)F. The molecule has 0 radical (unpaired) electrons. The fourth-order valence-corrected chi connectivity index (χ4v) is 4.12. The maximum atomic E-state index is 13.8. The number of methoxy groups -OCH3 is 1. The highest BCUT2D eigenvalue weighted by atomic mass is 19.4. The number of allylic oxidation sites excluding steroid dienone is 1. The van der Waals surface area contributed by atoms with Crippen molar-refractivity contribution < 1.29 is 37.0 Å². The normalized spacial score (nSPS) is 24.1. The third-order valence-corrected chi connectivity index (χ3v) is 5.53. The number of ether oxygens (including phenoxy) is 3. The molecule has 3 rings (SSSR count). The highest BCUT2D eigenvalue weighted by Gasteiger charge is 2.46. The first kappa shape index (κ1) is 23.0. The largest absolute Gasteiger partial charge is 0.468 e. The van der Waals surface area contributed by atoms with Crippen LogP contribution in [0.2, 0.25) is 0 Å². The summed E-state index contributed by atoms with van der Waals surface area (Å²) in [5, 5.41) is 0. The third-order valence-electron chi connectivity index (χ3n) is 5.53. The first-order chi connectivity index (χ1) is 14.6. The van der Waals surface area contributed by atoms with Crippen molar-refractivity contribution in [2.24, 2.45) is 10.9 Å². The average Bonchev–Trinajstić information content (AvgIpc) is 3.24. The van der Waals surface area contributed by atoms with Crippen molar-refractivity contribution in [2.45, 2.75) is 44.9 Å². The maximum absolute atomic E-state index is 13.8. The Bertz CT molecular complexity index is 916. The van der Waals surface area contributed by atoms with Crippen LogP contribution in [0.25, 0.3) is 0 Å². The molecule has 2 aliphatic rings. The van der Waals surface area contributed by atoms with Crippen LogP contribution in [0.15, 0.2) is 40.5 Å². The zero-order chi connectivity index (χ0) is 22.8. The Morgan fingerprint density at radius 3 is 2.55 bits per heavy atom. The van der Waals surface area contributed by atoms with Gasteiger partial charge >= 0.3 is 18.1 Å². The molecular formula is C22H24F3NO5. The van der Waals surface area contributed by atoms with E-state index in [2.05, 4.69) is 4.99 Å². The van der Waals surface area contributed by atoms with E-state index >= 15 is 0 Å². The standard InChI is InChI=1S/C22H24F3NO5/c1-12-17(20(27)29-3)19(15-8-4-5-9-16(15)22(23,24)25)18(13(2)26-12)21(28)31-11-14-7-6-10-30-14/h4-5,8-9,14,17,19H,6-7,10-11H2,1-3H3/t14-,17?,19+/m1/s1. The number of alkyl halides is 3. The van der Waals surface area contributed by atoms with Gasteiger partial charge in [-0.3, -0.25) is 9.79 Å². The summed E-state index contributed by atoms with van der Waals surface area (Å²) in [6, 6.07) is 4.89. The van der Waals surface area contributed by atoms with Crippen molar-refractivity contribution in [3.05, 3.63) is 46.7 Å². The fraction of sp³-hybridized carbons (Fsp3) is 0.500. The molecule has 0 aromatic heterocycles. The third kappa shape index (κ3) is 4.81. The van der Waals surface area contributed by atoms with E-state index in [-0.39, 0.29) is 35.3 Å². The quantitative estimate of drug-likeness (QED) is 0.648. The van der Waals surface area contributed by atoms with Gasteiger partial charge in [-0.15, -0.1) is 0 Å². The Morgan fingerprint density at radius 1 is 1.23 bits per heavy atom. The van der Waals surface area contributed by atoms with E-state index < -0.39 is 35.5 Å². The molecule has 6 nitrogen and oxygen atoms in total. The van der Waals surface area contributed by atoms with Crippen molar-refractivity contribution in [3.63, 3.8) is 0 Å². The Kier molecular flexibility index (Phi) is 6.83. The molecule has 1 fully saturated rings. The van der Waals surface area contributed by atoms with Crippen molar-refractivity contribution in [2.75, 3.05) is 20.3 Å². The number of carbonyl (C=O) groups excluding carboxylic acids is 2. The second kappa shape index (κ2) is 9.21. The van der Waals surface area contributed by atoms with Gasteiger partial charge in [-0.25, -0.2) is 4.79 Å². The van der Waals surface area contributed by atoms with Crippen LogP contribution in [0.5, 0.6) is 0 Å². The molecule has 0 N–H and O–H groups in total. The van der Waals surface area contributed by atoms with Gasteiger partial charge < -0.3 is 14.2 Å². The number of rotatable bonds is 5. The van der Waals surface area contributed by atoms with E-state index in [1.54, 1.807) is 0 Å². The zero-order valence-electron chi connectivity index (χ0n) is 17.5. The molecule has 0 amide bonds. The van der Waals surface area contributed by atoms with Gasteiger partial charge in [0, 0.05) is 23.9 Å². The highest BCUT2D eigenvalue weighted by molar-refractivity contribution is 6.07. The van der Waals surface area contributed by atoms with E-state index in [1.807, 2.05) is 0 Å². The van der Waals surface area contributed by atoms with Crippen LogP contribution in [-0.2, 0) is 30.0 Å². The smallest absolute Gasteiger partial charge is 0.416 e. The number of aliphatic imine (C=N–C) groups is 1. The monoisotopic (exact) mass is 439 g/mol. The van der Waals surface area contributed by atoms with Crippen molar-refractivity contribution in [1.29, 1.82) is 0 Å². The molecule has 0 bridgehead atoms. The lowest BCUT2D eigenvalue weighted by Crippen LogP contribution is -2.37. The van der Waals surface area contributed by atoms with E-state index in [9.17, 15) is 22.8 Å². The van der Waals surface area contributed by atoms with Gasteiger partial charge in [0.1, 0.15) is 12.5 Å². The number of benzene rings is 1. The van der Waals surface area contributed by atoms with Crippen LogP contribution in [0.1, 0.15) is 43.7 Å². The summed E-state index contributed by atoms with van der Waals surface area (Å²) in [6.07, 6.45) is -3.36. The molecule has 1 aromatic rings. The molecule has 0 saturated carbocycles. The second-order valence-electron chi connectivity index (χ2n) is 7.55. The van der Waals surface area contributed by atoms with Crippen LogP contribution in [-0.4, -0.2) is 44.1 Å². The summed E-state index contributed by atoms with van der Waals surface area (Å²) in [4.78, 5) is 29.9. The molecule has 2 heterocycles. The Hall–Kier alpha value is -2.68. The summed E-state index contributed by atoms with van der Waals surface area (Å²) in [7, 11) is 1.14. The molecule has 0 spiro atoms. The van der Waals surface area contributed by atoms with Crippen LogP contribution in [0.3, 0.4) is 0 Å². The number of hydrogen-bond donors (Lipinski definition) is 0. The average molecular weight is 439 g/mol. The Balaban J connectivity index is 2.08. The number of nitrogens with zero attached hydrogens (tertiary/aromatic N) is 1. The van der Waals surface area contributed by atoms with E-state index in [4.69, 9.17) is 14.2 Å². The molecule has 168 valence electrons. The van der Waals surface area contributed by atoms with Crippen LogP contribution in [0, 0.1) is 5.92 Å². The summed E-state index contributed by atoms with van der Waals surface area (Å²) >= 11 is 0. The van der Waals surface area contributed by atoms with Crippen LogP contribution in [0.4, 0.5) is 13.2 Å². The van der Waals surface area contributed by atoms with Gasteiger partial charge in [0.25, 0.3) is 0 Å².